The third-order valence-corrected chi connectivity index (χ3v) is 5.46. The largest absolute Gasteiger partial charge is 0.298 e. The maximum Gasteiger partial charge on any atom is 0.195 e. The second-order valence-electron chi connectivity index (χ2n) is 4.19. The van der Waals surface area contributed by atoms with Crippen LogP contribution in [0.2, 0.25) is 0 Å². The highest BCUT2D eigenvalue weighted by molar-refractivity contribution is 8.22. The van der Waals surface area contributed by atoms with Gasteiger partial charge < -0.3 is 0 Å². The van der Waals surface area contributed by atoms with E-state index in [0.29, 0.717) is 15.5 Å². The Balaban J connectivity index is 2.34. The van der Waals surface area contributed by atoms with Gasteiger partial charge in [0.2, 0.25) is 0 Å². The third kappa shape index (κ3) is 4.95. The lowest BCUT2D eigenvalue weighted by atomic mass is 10.4. The molecule has 0 radical (unpaired) electrons. The molecule has 0 bridgehead atoms. The molecule has 2 rings (SSSR count). The first-order chi connectivity index (χ1) is 11.2. The van der Waals surface area contributed by atoms with E-state index >= 15 is 0 Å². The van der Waals surface area contributed by atoms with Crippen LogP contribution in [-0.2, 0) is 16.8 Å². The standard InChI is InChI=1S/C14H14N4O2S3/c1-18-13(21)16-17-14(18)23-12(10(8-15)9-20-19-2)22-11-6-4-3-5-7-11/h3-7H,9H2,1-2H3,(H,16,21). The van der Waals surface area contributed by atoms with Crippen LogP contribution in [0, 0.1) is 16.1 Å². The Bertz CT molecular complexity index is 777. The van der Waals surface area contributed by atoms with Crippen molar-refractivity contribution >= 4 is 35.7 Å². The predicted octanol–water partition coefficient (Wildman–Crippen LogP) is 3.68. The minimum atomic E-state index is 0.0596. The highest BCUT2D eigenvalue weighted by Gasteiger charge is 2.15. The topological polar surface area (TPSA) is 75.9 Å². The van der Waals surface area contributed by atoms with Crippen molar-refractivity contribution in [1.29, 1.82) is 5.26 Å². The summed E-state index contributed by atoms with van der Waals surface area (Å²) in [4.78, 5) is 10.5. The second-order valence-corrected chi connectivity index (χ2v) is 6.90. The summed E-state index contributed by atoms with van der Waals surface area (Å²) in [6, 6.07) is 11.9. The number of aromatic amines is 1. The molecule has 2 aromatic rings. The highest BCUT2D eigenvalue weighted by Crippen LogP contribution is 2.40. The van der Waals surface area contributed by atoms with Crippen molar-refractivity contribution in [2.24, 2.45) is 7.05 Å². The van der Waals surface area contributed by atoms with Crippen LogP contribution in [0.1, 0.15) is 0 Å². The summed E-state index contributed by atoms with van der Waals surface area (Å²) in [5.74, 6) is 0. The highest BCUT2D eigenvalue weighted by atomic mass is 32.2. The van der Waals surface area contributed by atoms with E-state index < -0.39 is 0 Å². The summed E-state index contributed by atoms with van der Waals surface area (Å²) in [6.45, 7) is 0.0596. The van der Waals surface area contributed by atoms with Gasteiger partial charge in [0.15, 0.2) is 9.93 Å². The van der Waals surface area contributed by atoms with Crippen LogP contribution in [-0.4, -0.2) is 28.5 Å². The summed E-state index contributed by atoms with van der Waals surface area (Å²) in [6.07, 6.45) is 0. The van der Waals surface area contributed by atoms with E-state index in [4.69, 9.17) is 17.1 Å². The lowest BCUT2D eigenvalue weighted by Gasteiger charge is -2.09. The van der Waals surface area contributed by atoms with Crippen LogP contribution in [0.15, 0.2) is 50.2 Å². The Kier molecular flexibility index (Phi) is 6.88. The Morgan fingerprint density at radius 3 is 2.70 bits per heavy atom. The van der Waals surface area contributed by atoms with Crippen LogP contribution < -0.4 is 0 Å². The summed E-state index contributed by atoms with van der Waals surface area (Å²) in [7, 11) is 3.22. The molecule has 1 N–H and O–H groups in total. The van der Waals surface area contributed by atoms with E-state index in [1.54, 1.807) is 4.57 Å². The summed E-state index contributed by atoms with van der Waals surface area (Å²) in [5, 5.41) is 17.0. The second kappa shape index (κ2) is 8.90. The monoisotopic (exact) mass is 366 g/mol. The van der Waals surface area contributed by atoms with Crippen molar-refractivity contribution in [1.82, 2.24) is 14.8 Å². The van der Waals surface area contributed by atoms with Crippen molar-refractivity contribution in [3.8, 4) is 6.07 Å². The van der Waals surface area contributed by atoms with Gasteiger partial charge in [-0.05, 0) is 36.1 Å². The fraction of sp³-hybridized carbons (Fsp3) is 0.214. The Labute approximate surface area is 147 Å². The molecule has 23 heavy (non-hydrogen) atoms. The number of nitriles is 1. The molecular weight excluding hydrogens is 352 g/mol. The van der Waals surface area contributed by atoms with Gasteiger partial charge in [-0.15, -0.1) is 5.10 Å². The number of aromatic nitrogens is 3. The Hall–Kier alpha value is -1.57. The molecule has 1 heterocycles. The normalized spacial score (nSPS) is 11.9. The number of nitrogens with one attached hydrogen (secondary N) is 1. The molecule has 0 saturated carbocycles. The molecule has 0 aliphatic rings. The smallest absolute Gasteiger partial charge is 0.195 e. The number of rotatable bonds is 7. The van der Waals surface area contributed by atoms with Gasteiger partial charge in [0.05, 0.1) is 23.0 Å². The lowest BCUT2D eigenvalue weighted by molar-refractivity contribution is -0.264. The zero-order valence-electron chi connectivity index (χ0n) is 12.5. The van der Waals surface area contributed by atoms with Crippen LogP contribution >= 0.6 is 35.7 Å². The first-order valence-electron chi connectivity index (χ1n) is 6.46. The Morgan fingerprint density at radius 1 is 1.39 bits per heavy atom. The molecular formula is C14H14N4O2S3. The molecule has 120 valence electrons. The summed E-state index contributed by atoms with van der Waals surface area (Å²) < 4.78 is 3.02. The number of hydrogen-bond donors (Lipinski definition) is 1. The molecule has 9 heteroatoms. The molecule has 0 atom stereocenters. The van der Waals surface area contributed by atoms with Gasteiger partial charge in [-0.3, -0.25) is 9.67 Å². The van der Waals surface area contributed by atoms with Gasteiger partial charge in [-0.25, -0.2) is 9.78 Å². The first-order valence-corrected chi connectivity index (χ1v) is 8.50. The minimum Gasteiger partial charge on any atom is -0.298 e. The van der Waals surface area contributed by atoms with E-state index in [1.807, 2.05) is 37.4 Å². The van der Waals surface area contributed by atoms with Crippen molar-refractivity contribution in [2.45, 2.75) is 10.1 Å². The number of hydrogen-bond acceptors (Lipinski definition) is 7. The molecule has 0 aliphatic carbocycles. The molecule has 0 fully saturated rings. The molecule has 0 spiro atoms. The van der Waals surface area contributed by atoms with E-state index in [2.05, 4.69) is 21.2 Å². The molecule has 0 amide bonds. The number of thioether (sulfide) groups is 2. The maximum absolute atomic E-state index is 9.43. The quantitative estimate of drug-likeness (QED) is 0.263. The first kappa shape index (κ1) is 17.8. The minimum absolute atomic E-state index is 0.0596. The van der Waals surface area contributed by atoms with E-state index in [1.165, 1.54) is 30.6 Å². The Morgan fingerprint density at radius 2 is 2.13 bits per heavy atom. The average Bonchev–Trinajstić information content (AvgIpc) is 2.88. The van der Waals surface area contributed by atoms with Crippen LogP contribution in [0.25, 0.3) is 0 Å². The van der Waals surface area contributed by atoms with Crippen molar-refractivity contribution in [3.05, 3.63) is 44.9 Å². The van der Waals surface area contributed by atoms with E-state index in [0.717, 1.165) is 9.13 Å². The predicted molar refractivity (Wildman–Crippen MR) is 92.1 cm³/mol. The zero-order valence-corrected chi connectivity index (χ0v) is 14.9. The van der Waals surface area contributed by atoms with Crippen LogP contribution in [0.5, 0.6) is 0 Å². The zero-order chi connectivity index (χ0) is 16.7. The van der Waals surface area contributed by atoms with Gasteiger partial charge in [0, 0.05) is 11.9 Å². The fourth-order valence-corrected chi connectivity index (χ4v) is 3.82. The van der Waals surface area contributed by atoms with Crippen LogP contribution in [0.4, 0.5) is 0 Å². The van der Waals surface area contributed by atoms with Gasteiger partial charge in [-0.1, -0.05) is 30.0 Å². The number of H-pyrrole nitrogens is 1. The fourth-order valence-electron chi connectivity index (χ4n) is 1.50. The van der Waals surface area contributed by atoms with Crippen molar-refractivity contribution in [2.75, 3.05) is 13.7 Å². The van der Waals surface area contributed by atoms with Gasteiger partial charge in [0.1, 0.15) is 6.61 Å². The van der Waals surface area contributed by atoms with E-state index in [9.17, 15) is 5.26 Å². The molecule has 6 nitrogen and oxygen atoms in total. The molecule has 1 aromatic carbocycles. The summed E-state index contributed by atoms with van der Waals surface area (Å²) >= 11 is 7.94. The average molecular weight is 366 g/mol. The molecule has 0 aliphatic heterocycles. The van der Waals surface area contributed by atoms with Crippen molar-refractivity contribution in [3.63, 3.8) is 0 Å². The molecule has 1 aromatic heterocycles. The maximum atomic E-state index is 9.43. The van der Waals surface area contributed by atoms with E-state index in [-0.39, 0.29) is 6.61 Å². The summed E-state index contributed by atoms with van der Waals surface area (Å²) in [5.41, 5.74) is 0.458. The van der Waals surface area contributed by atoms with Gasteiger partial charge >= 0.3 is 0 Å². The van der Waals surface area contributed by atoms with Crippen molar-refractivity contribution < 1.29 is 9.78 Å². The number of nitrogens with zero attached hydrogens (tertiary/aromatic N) is 3. The number of benzene rings is 1. The molecule has 0 unspecified atom stereocenters. The third-order valence-electron chi connectivity index (χ3n) is 2.68. The molecule has 0 saturated heterocycles. The SMILES string of the molecule is COOCC(C#N)=C(Sc1ccccc1)Sc1n[nH]c(=S)n1C. The lowest BCUT2D eigenvalue weighted by Crippen LogP contribution is -1.98. The van der Waals surface area contributed by atoms with Gasteiger partial charge in [0.25, 0.3) is 0 Å². The van der Waals surface area contributed by atoms with Gasteiger partial charge in [-0.2, -0.15) is 5.26 Å². The van der Waals surface area contributed by atoms with Crippen LogP contribution in [0.3, 0.4) is 0 Å².